The first kappa shape index (κ1) is 26.7. The minimum absolute atomic E-state index is 0.118. The van der Waals surface area contributed by atoms with E-state index in [1.807, 2.05) is 18.3 Å². The summed E-state index contributed by atoms with van der Waals surface area (Å²) >= 11 is 0. The Morgan fingerprint density at radius 2 is 1.90 bits per heavy atom. The number of aromatic nitrogens is 1. The van der Waals surface area contributed by atoms with Crippen LogP contribution in [-0.2, 0) is 22.7 Å². The summed E-state index contributed by atoms with van der Waals surface area (Å²) in [6.07, 6.45) is 4.12. The maximum Gasteiger partial charge on any atom is 0.142 e. The maximum atomic E-state index is 6.56. The first-order valence-corrected chi connectivity index (χ1v) is 14.4. The van der Waals surface area contributed by atoms with E-state index in [2.05, 4.69) is 69.8 Å². The molecule has 6 rings (SSSR count). The van der Waals surface area contributed by atoms with E-state index in [0.717, 1.165) is 85.9 Å². The van der Waals surface area contributed by atoms with Gasteiger partial charge in [0, 0.05) is 49.8 Å². The van der Waals surface area contributed by atoms with E-state index in [0.29, 0.717) is 19.1 Å². The Bertz CT molecular complexity index is 1390. The molecule has 7 nitrogen and oxygen atoms in total. The molecule has 0 unspecified atom stereocenters. The molecule has 2 aliphatic rings. The molecule has 1 aromatic heterocycles. The summed E-state index contributed by atoms with van der Waals surface area (Å²) in [6, 6.07) is 23.5. The van der Waals surface area contributed by atoms with Gasteiger partial charge in [-0.25, -0.2) is 0 Å². The Kier molecular flexibility index (Phi) is 8.52. The van der Waals surface area contributed by atoms with Gasteiger partial charge in [-0.3, -0.25) is 0 Å². The van der Waals surface area contributed by atoms with Crippen LogP contribution in [0.3, 0.4) is 0 Å². The van der Waals surface area contributed by atoms with Gasteiger partial charge < -0.3 is 34.1 Å². The lowest BCUT2D eigenvalue weighted by atomic mass is 9.87. The van der Waals surface area contributed by atoms with Crippen molar-refractivity contribution >= 4 is 16.6 Å². The van der Waals surface area contributed by atoms with Crippen molar-refractivity contribution in [1.82, 2.24) is 10.3 Å². The predicted octanol–water partition coefficient (Wildman–Crippen LogP) is 5.64. The molecule has 0 aliphatic carbocycles. The van der Waals surface area contributed by atoms with Crippen molar-refractivity contribution in [3.8, 4) is 11.5 Å². The van der Waals surface area contributed by atoms with Gasteiger partial charge in [-0.15, -0.1) is 0 Å². The highest BCUT2D eigenvalue weighted by molar-refractivity contribution is 5.85. The van der Waals surface area contributed by atoms with E-state index in [1.54, 1.807) is 7.11 Å². The number of rotatable bonds is 11. The van der Waals surface area contributed by atoms with Crippen molar-refractivity contribution in [2.75, 3.05) is 51.4 Å². The monoisotopic (exact) mass is 541 g/mol. The summed E-state index contributed by atoms with van der Waals surface area (Å²) in [6.45, 7) is 6.34. The zero-order valence-electron chi connectivity index (χ0n) is 23.2. The van der Waals surface area contributed by atoms with Gasteiger partial charge in [0.2, 0.25) is 0 Å². The van der Waals surface area contributed by atoms with Crippen LogP contribution in [0, 0.1) is 0 Å². The number of nitrogens with zero attached hydrogens (tertiary/aromatic N) is 1. The highest BCUT2D eigenvalue weighted by Gasteiger charge is 2.27. The molecule has 2 N–H and O–H groups in total. The van der Waals surface area contributed by atoms with E-state index >= 15 is 0 Å². The highest BCUT2D eigenvalue weighted by atomic mass is 16.5. The first-order valence-electron chi connectivity index (χ1n) is 14.4. The zero-order chi connectivity index (χ0) is 27.1. The molecule has 0 radical (unpaired) electrons. The molecule has 2 aliphatic heterocycles. The second-order valence-electron chi connectivity index (χ2n) is 10.7. The summed E-state index contributed by atoms with van der Waals surface area (Å²) in [5.41, 5.74) is 5.91. The van der Waals surface area contributed by atoms with Crippen molar-refractivity contribution in [3.05, 3.63) is 89.6 Å². The fourth-order valence-corrected chi connectivity index (χ4v) is 5.83. The molecule has 0 amide bonds. The lowest BCUT2D eigenvalue weighted by Gasteiger charge is -2.33. The molecule has 1 fully saturated rings. The summed E-state index contributed by atoms with van der Waals surface area (Å²) in [7, 11) is 1.76. The van der Waals surface area contributed by atoms with Gasteiger partial charge in [-0.2, -0.15) is 0 Å². The third-order valence-electron chi connectivity index (χ3n) is 8.01. The number of methoxy groups -OCH3 is 1. The third kappa shape index (κ3) is 6.12. The Labute approximate surface area is 236 Å². The van der Waals surface area contributed by atoms with Gasteiger partial charge in [-0.1, -0.05) is 36.4 Å². The predicted molar refractivity (Wildman–Crippen MR) is 159 cm³/mol. The first-order chi connectivity index (χ1) is 19.8. The SMILES string of the molecule is COCCCN1CCOc2ccc(CO[C@H]3CNCC[C@@H]3c3ccc(COc4cccc5[nH]ccc45)cc3)cc21. The van der Waals surface area contributed by atoms with Crippen LogP contribution in [0.4, 0.5) is 5.69 Å². The number of nitrogens with one attached hydrogen (secondary N) is 2. The number of fused-ring (bicyclic) bond motifs is 2. The quantitative estimate of drug-likeness (QED) is 0.240. The average Bonchev–Trinajstić information content (AvgIpc) is 3.49. The molecule has 2 atom stereocenters. The normalized spacial score (nSPS) is 18.9. The number of hydrogen-bond acceptors (Lipinski definition) is 6. The van der Waals surface area contributed by atoms with Crippen molar-refractivity contribution in [2.24, 2.45) is 0 Å². The van der Waals surface area contributed by atoms with Crippen molar-refractivity contribution in [2.45, 2.75) is 38.1 Å². The number of anilines is 1. The minimum Gasteiger partial charge on any atom is -0.490 e. The molecule has 7 heteroatoms. The van der Waals surface area contributed by atoms with Crippen molar-refractivity contribution < 1.29 is 18.9 Å². The second kappa shape index (κ2) is 12.8. The smallest absolute Gasteiger partial charge is 0.142 e. The van der Waals surface area contributed by atoms with Crippen LogP contribution >= 0.6 is 0 Å². The molecule has 4 aromatic rings. The molecule has 0 saturated carbocycles. The molecular formula is C33H39N3O4. The van der Waals surface area contributed by atoms with E-state index in [-0.39, 0.29) is 6.10 Å². The van der Waals surface area contributed by atoms with Crippen LogP contribution in [0.1, 0.15) is 35.4 Å². The Morgan fingerprint density at radius 1 is 1.00 bits per heavy atom. The van der Waals surface area contributed by atoms with Gasteiger partial charge in [0.15, 0.2) is 0 Å². The fraction of sp³-hybridized carbons (Fsp3) is 0.394. The second-order valence-corrected chi connectivity index (χ2v) is 10.7. The van der Waals surface area contributed by atoms with Crippen LogP contribution in [0.5, 0.6) is 11.5 Å². The topological polar surface area (TPSA) is 68.0 Å². The largest absolute Gasteiger partial charge is 0.490 e. The number of aromatic amines is 1. The Balaban J connectivity index is 1.08. The molecule has 40 heavy (non-hydrogen) atoms. The molecule has 3 heterocycles. The summed E-state index contributed by atoms with van der Waals surface area (Å²) in [5, 5.41) is 4.64. The average molecular weight is 542 g/mol. The van der Waals surface area contributed by atoms with Crippen LogP contribution in [-0.4, -0.2) is 57.6 Å². The zero-order valence-corrected chi connectivity index (χ0v) is 23.2. The van der Waals surface area contributed by atoms with E-state index < -0.39 is 0 Å². The molecule has 0 bridgehead atoms. The Morgan fingerprint density at radius 3 is 2.80 bits per heavy atom. The van der Waals surface area contributed by atoms with Gasteiger partial charge >= 0.3 is 0 Å². The van der Waals surface area contributed by atoms with E-state index in [4.69, 9.17) is 18.9 Å². The van der Waals surface area contributed by atoms with Crippen molar-refractivity contribution in [1.29, 1.82) is 0 Å². The van der Waals surface area contributed by atoms with Gasteiger partial charge in [0.05, 0.1) is 24.9 Å². The fourth-order valence-electron chi connectivity index (χ4n) is 5.83. The van der Waals surface area contributed by atoms with Crippen LogP contribution in [0.15, 0.2) is 72.9 Å². The Hall–Kier alpha value is -3.52. The van der Waals surface area contributed by atoms with Crippen LogP contribution in [0.2, 0.25) is 0 Å². The highest BCUT2D eigenvalue weighted by Crippen LogP contribution is 2.34. The summed E-state index contributed by atoms with van der Waals surface area (Å²) in [5.74, 6) is 2.22. The van der Waals surface area contributed by atoms with E-state index in [1.165, 1.54) is 11.1 Å². The van der Waals surface area contributed by atoms with Crippen LogP contribution in [0.25, 0.3) is 10.9 Å². The lowest BCUT2D eigenvalue weighted by molar-refractivity contribution is 0.0106. The van der Waals surface area contributed by atoms with Gasteiger partial charge in [0.1, 0.15) is 24.7 Å². The molecule has 210 valence electrons. The summed E-state index contributed by atoms with van der Waals surface area (Å²) in [4.78, 5) is 5.64. The van der Waals surface area contributed by atoms with Crippen LogP contribution < -0.4 is 19.7 Å². The van der Waals surface area contributed by atoms with E-state index in [9.17, 15) is 0 Å². The number of piperidine rings is 1. The maximum absolute atomic E-state index is 6.56. The number of hydrogen-bond donors (Lipinski definition) is 2. The lowest BCUT2D eigenvalue weighted by Crippen LogP contribution is -2.41. The standard InChI is InChI=1S/C33H39N3O4/c1-37-18-3-16-36-17-19-38-32-11-8-25(20-30(32)36)23-40-33-21-34-14-12-27(33)26-9-6-24(7-10-26)22-39-31-5-2-4-29-28(31)13-15-35-29/h2,4-11,13,15,20,27,33-35H,3,12,14,16-19,21-23H2,1H3/t27-,33+/m1/s1. The minimum atomic E-state index is 0.118. The summed E-state index contributed by atoms with van der Waals surface area (Å²) < 4.78 is 23.9. The molecule has 0 spiro atoms. The molecule has 3 aromatic carbocycles. The van der Waals surface area contributed by atoms with Gasteiger partial charge in [-0.05, 0) is 66.4 Å². The molecule has 1 saturated heterocycles. The van der Waals surface area contributed by atoms with Gasteiger partial charge in [0.25, 0.3) is 0 Å². The number of benzene rings is 3. The van der Waals surface area contributed by atoms with Crippen molar-refractivity contribution in [3.63, 3.8) is 0 Å². The third-order valence-corrected chi connectivity index (χ3v) is 8.01. The number of ether oxygens (including phenoxy) is 4. The molecular weight excluding hydrogens is 502 g/mol. The number of H-pyrrole nitrogens is 1.